The molecule has 2 aromatic carbocycles. The van der Waals surface area contributed by atoms with Crippen LogP contribution in [-0.2, 0) is 11.2 Å². The van der Waals surface area contributed by atoms with Crippen LogP contribution >= 0.6 is 0 Å². The highest BCUT2D eigenvalue weighted by molar-refractivity contribution is 5.73. The van der Waals surface area contributed by atoms with Gasteiger partial charge in [-0.15, -0.1) is 0 Å². The van der Waals surface area contributed by atoms with Gasteiger partial charge in [-0.3, -0.25) is 9.80 Å². The van der Waals surface area contributed by atoms with Gasteiger partial charge in [-0.2, -0.15) is 0 Å². The monoisotopic (exact) mass is 339 g/mol. The van der Waals surface area contributed by atoms with Gasteiger partial charge in [-0.05, 0) is 54.3 Å². The Hall–Kier alpha value is -2.73. The van der Waals surface area contributed by atoms with Crippen molar-refractivity contribution in [3.05, 3.63) is 53.1 Å². The van der Waals surface area contributed by atoms with Crippen LogP contribution in [0.3, 0.4) is 0 Å². The maximum Gasteiger partial charge on any atom is 0.233 e. The van der Waals surface area contributed by atoms with E-state index in [4.69, 9.17) is 15.2 Å². The molecule has 0 saturated carbocycles. The van der Waals surface area contributed by atoms with Crippen LogP contribution in [0.4, 0.5) is 5.69 Å². The van der Waals surface area contributed by atoms with Crippen LogP contribution in [-0.4, -0.2) is 23.8 Å². The lowest BCUT2D eigenvalue weighted by molar-refractivity contribution is -0.134. The summed E-state index contributed by atoms with van der Waals surface area (Å²) in [5.41, 5.74) is 13.2. The van der Waals surface area contributed by atoms with Gasteiger partial charge in [0.2, 0.25) is 12.7 Å². The Labute approximate surface area is 146 Å². The second kappa shape index (κ2) is 5.97. The summed E-state index contributed by atoms with van der Waals surface area (Å²) in [6.45, 7) is 3.85. The zero-order chi connectivity index (χ0) is 17.6. The maximum atomic E-state index is 12.1. The molecule has 1 unspecified atom stereocenters. The minimum atomic E-state index is -0.168. The lowest BCUT2D eigenvalue weighted by Gasteiger charge is -2.30. The molecule has 2 atom stereocenters. The molecule has 0 aliphatic carbocycles. The first-order chi connectivity index (χ1) is 12.0. The Bertz CT molecular complexity index is 819. The van der Waals surface area contributed by atoms with Gasteiger partial charge in [0, 0.05) is 18.7 Å². The fourth-order valence-electron chi connectivity index (χ4n) is 3.53. The number of nitrogen functional groups attached to an aromatic ring is 1. The summed E-state index contributed by atoms with van der Waals surface area (Å²) >= 11 is 0. The summed E-state index contributed by atoms with van der Waals surface area (Å²) < 4.78 is 11.1. The molecule has 2 heterocycles. The molecule has 25 heavy (non-hydrogen) atoms. The molecule has 0 fully saturated rings. The fourth-order valence-corrected chi connectivity index (χ4v) is 3.53. The molecule has 2 aromatic rings. The summed E-state index contributed by atoms with van der Waals surface area (Å²) in [6, 6.07) is 11.6. The summed E-state index contributed by atoms with van der Waals surface area (Å²) in [7, 11) is 0. The molecule has 0 aromatic heterocycles. The lowest BCUT2D eigenvalue weighted by Crippen LogP contribution is -2.48. The average Bonchev–Trinajstić information content (AvgIpc) is 2.97. The largest absolute Gasteiger partial charge is 0.454 e. The zero-order valence-electron chi connectivity index (χ0n) is 14.3. The molecular weight excluding hydrogens is 318 g/mol. The number of benzene rings is 2. The number of fused-ring (bicyclic) bond motifs is 2. The number of carbonyl (C=O) groups excluding carboxylic acids is 1. The molecule has 0 spiro atoms. The predicted octanol–water partition coefficient (Wildman–Crippen LogP) is 2.38. The first-order valence-corrected chi connectivity index (χ1v) is 8.37. The number of ether oxygens (including phenoxy) is 2. The molecular formula is C19H21N3O3. The number of nitrogens with one attached hydrogen (secondary N) is 1. The molecule has 4 rings (SSSR count). The maximum absolute atomic E-state index is 12.1. The normalized spacial score (nSPS) is 21.6. The standard InChI is InChI=1S/C19H21N3O3/c1-11-7-14-8-17-18(25-10-24-17)9-16(14)19(21-22(11)12(2)23)13-3-5-15(20)6-4-13/h3-6,8-9,11,19,21H,7,10,20H2,1-2H3/t11-,19?/m1/s1. The second-order valence-corrected chi connectivity index (χ2v) is 6.58. The number of hydrogen-bond acceptors (Lipinski definition) is 5. The highest BCUT2D eigenvalue weighted by Gasteiger charge is 2.31. The van der Waals surface area contributed by atoms with E-state index >= 15 is 0 Å². The van der Waals surface area contributed by atoms with Crippen molar-refractivity contribution in [1.29, 1.82) is 0 Å². The van der Waals surface area contributed by atoms with Crippen molar-refractivity contribution in [1.82, 2.24) is 10.4 Å². The summed E-state index contributed by atoms with van der Waals surface area (Å²) in [5, 5.41) is 1.70. The first kappa shape index (κ1) is 15.8. The van der Waals surface area contributed by atoms with Crippen molar-refractivity contribution in [2.24, 2.45) is 0 Å². The van der Waals surface area contributed by atoms with E-state index in [1.54, 1.807) is 11.9 Å². The molecule has 1 amide bonds. The van der Waals surface area contributed by atoms with Crippen molar-refractivity contribution in [2.45, 2.75) is 32.4 Å². The molecule has 130 valence electrons. The van der Waals surface area contributed by atoms with Gasteiger partial charge in [0.15, 0.2) is 11.5 Å². The molecule has 2 aliphatic heterocycles. The SMILES string of the molecule is CC(=O)N1NC(c2ccc(N)cc2)c2cc3c(cc2C[C@H]1C)OCO3. The fraction of sp³-hybridized carbons (Fsp3) is 0.316. The first-order valence-electron chi connectivity index (χ1n) is 8.37. The van der Waals surface area contributed by atoms with E-state index < -0.39 is 0 Å². The smallest absolute Gasteiger partial charge is 0.233 e. The highest BCUT2D eigenvalue weighted by atomic mass is 16.7. The average molecular weight is 339 g/mol. The van der Waals surface area contributed by atoms with Gasteiger partial charge in [-0.1, -0.05) is 12.1 Å². The quantitative estimate of drug-likeness (QED) is 0.780. The Morgan fingerprint density at radius 1 is 1.20 bits per heavy atom. The van der Waals surface area contributed by atoms with Crippen LogP contribution in [0.15, 0.2) is 36.4 Å². The van der Waals surface area contributed by atoms with Gasteiger partial charge < -0.3 is 15.2 Å². The number of hydrazine groups is 1. The number of rotatable bonds is 1. The molecule has 2 aliphatic rings. The van der Waals surface area contributed by atoms with Crippen molar-refractivity contribution in [3.8, 4) is 11.5 Å². The van der Waals surface area contributed by atoms with Crippen molar-refractivity contribution in [3.63, 3.8) is 0 Å². The van der Waals surface area contributed by atoms with E-state index in [9.17, 15) is 4.79 Å². The third-order valence-electron chi connectivity index (χ3n) is 4.78. The Morgan fingerprint density at radius 2 is 1.88 bits per heavy atom. The van der Waals surface area contributed by atoms with Crippen molar-refractivity contribution < 1.29 is 14.3 Å². The van der Waals surface area contributed by atoms with Gasteiger partial charge >= 0.3 is 0 Å². The van der Waals surface area contributed by atoms with Crippen LogP contribution in [0.5, 0.6) is 11.5 Å². The topological polar surface area (TPSA) is 76.8 Å². The van der Waals surface area contributed by atoms with Crippen molar-refractivity contribution >= 4 is 11.6 Å². The van der Waals surface area contributed by atoms with E-state index in [0.717, 1.165) is 34.6 Å². The van der Waals surface area contributed by atoms with Crippen LogP contribution in [0.2, 0.25) is 0 Å². The van der Waals surface area contributed by atoms with E-state index in [1.807, 2.05) is 43.3 Å². The van der Waals surface area contributed by atoms with Gasteiger partial charge in [0.05, 0.1) is 6.04 Å². The summed E-state index contributed by atoms with van der Waals surface area (Å²) in [6.07, 6.45) is 0.740. The van der Waals surface area contributed by atoms with Gasteiger partial charge in [0.25, 0.3) is 0 Å². The van der Waals surface area contributed by atoms with Crippen LogP contribution in [0.1, 0.15) is 36.6 Å². The second-order valence-electron chi connectivity index (χ2n) is 6.58. The van der Waals surface area contributed by atoms with Gasteiger partial charge in [-0.25, -0.2) is 5.43 Å². The number of nitrogens with two attached hydrogens (primary N) is 1. The Morgan fingerprint density at radius 3 is 2.56 bits per heavy atom. The van der Waals surface area contributed by atoms with E-state index in [2.05, 4.69) is 5.43 Å². The molecule has 3 N–H and O–H groups in total. The third-order valence-corrected chi connectivity index (χ3v) is 4.78. The summed E-state index contributed by atoms with van der Waals surface area (Å²) in [5.74, 6) is 1.49. The number of amides is 1. The van der Waals surface area contributed by atoms with E-state index in [0.29, 0.717) is 5.69 Å². The minimum absolute atomic E-state index is 0.0132. The van der Waals surface area contributed by atoms with Crippen LogP contribution in [0, 0.1) is 0 Å². The number of nitrogens with zero attached hydrogens (tertiary/aromatic N) is 1. The molecule has 0 radical (unpaired) electrons. The molecule has 6 nitrogen and oxygen atoms in total. The van der Waals surface area contributed by atoms with Crippen LogP contribution in [0.25, 0.3) is 0 Å². The zero-order valence-corrected chi connectivity index (χ0v) is 14.3. The number of carbonyl (C=O) groups is 1. The van der Waals surface area contributed by atoms with E-state index in [-0.39, 0.29) is 24.8 Å². The summed E-state index contributed by atoms with van der Waals surface area (Å²) in [4.78, 5) is 12.1. The predicted molar refractivity (Wildman–Crippen MR) is 94.1 cm³/mol. The number of anilines is 1. The molecule has 0 saturated heterocycles. The lowest BCUT2D eigenvalue weighted by atomic mass is 9.92. The molecule has 0 bridgehead atoms. The van der Waals surface area contributed by atoms with Crippen LogP contribution < -0.4 is 20.6 Å². The van der Waals surface area contributed by atoms with E-state index in [1.165, 1.54) is 0 Å². The molecule has 6 heteroatoms. The Kier molecular flexibility index (Phi) is 3.77. The van der Waals surface area contributed by atoms with Crippen molar-refractivity contribution in [2.75, 3.05) is 12.5 Å². The Balaban J connectivity index is 1.85. The third kappa shape index (κ3) is 2.78. The number of hydrogen-bond donors (Lipinski definition) is 2. The highest BCUT2D eigenvalue weighted by Crippen LogP contribution is 2.40. The minimum Gasteiger partial charge on any atom is -0.454 e. The van der Waals surface area contributed by atoms with Gasteiger partial charge in [0.1, 0.15) is 0 Å².